The molecule has 138 valence electrons. The van der Waals surface area contributed by atoms with Crippen molar-refractivity contribution in [3.63, 3.8) is 0 Å². The van der Waals surface area contributed by atoms with Gasteiger partial charge < -0.3 is 4.90 Å². The Balaban J connectivity index is 1.38. The third-order valence-electron chi connectivity index (χ3n) is 5.61. The lowest BCUT2D eigenvalue weighted by molar-refractivity contribution is -0.132. The van der Waals surface area contributed by atoms with Crippen molar-refractivity contribution in [3.05, 3.63) is 48.0 Å². The SMILES string of the molecule is O=C(Cc1cccc2ccccc12)N1CCN(C2CCS(=O)(=O)C2)CC1. The van der Waals surface area contributed by atoms with Gasteiger partial charge in [0.05, 0.1) is 17.9 Å². The van der Waals surface area contributed by atoms with Crippen LogP contribution in [0.15, 0.2) is 42.5 Å². The number of fused-ring (bicyclic) bond motifs is 1. The Labute approximate surface area is 154 Å². The number of hydrogen-bond acceptors (Lipinski definition) is 4. The highest BCUT2D eigenvalue weighted by molar-refractivity contribution is 7.91. The fourth-order valence-corrected chi connectivity index (χ4v) is 5.88. The van der Waals surface area contributed by atoms with Gasteiger partial charge in [-0.2, -0.15) is 0 Å². The van der Waals surface area contributed by atoms with Gasteiger partial charge in [0.1, 0.15) is 0 Å². The van der Waals surface area contributed by atoms with Gasteiger partial charge in [0.25, 0.3) is 0 Å². The van der Waals surface area contributed by atoms with Crippen molar-refractivity contribution in [1.29, 1.82) is 0 Å². The lowest BCUT2D eigenvalue weighted by atomic mass is 10.0. The maximum atomic E-state index is 12.8. The Kier molecular flexibility index (Phi) is 4.71. The summed E-state index contributed by atoms with van der Waals surface area (Å²) in [6.45, 7) is 2.89. The van der Waals surface area contributed by atoms with E-state index in [-0.39, 0.29) is 17.7 Å². The number of benzene rings is 2. The summed E-state index contributed by atoms with van der Waals surface area (Å²) in [5, 5.41) is 2.29. The van der Waals surface area contributed by atoms with Crippen molar-refractivity contribution in [2.24, 2.45) is 0 Å². The molecular weight excluding hydrogens is 348 g/mol. The molecule has 2 aliphatic rings. The van der Waals surface area contributed by atoms with E-state index in [9.17, 15) is 13.2 Å². The molecule has 0 radical (unpaired) electrons. The molecule has 2 aliphatic heterocycles. The van der Waals surface area contributed by atoms with Gasteiger partial charge in [-0.25, -0.2) is 8.42 Å². The molecule has 2 aromatic rings. The molecule has 0 aromatic heterocycles. The molecule has 5 nitrogen and oxygen atoms in total. The number of carbonyl (C=O) groups is 1. The van der Waals surface area contributed by atoms with Crippen molar-refractivity contribution >= 4 is 26.5 Å². The van der Waals surface area contributed by atoms with E-state index in [0.29, 0.717) is 25.3 Å². The largest absolute Gasteiger partial charge is 0.340 e. The maximum Gasteiger partial charge on any atom is 0.227 e. The minimum absolute atomic E-state index is 0.135. The Morgan fingerprint density at radius 1 is 1.00 bits per heavy atom. The molecule has 4 rings (SSSR count). The highest BCUT2D eigenvalue weighted by Gasteiger charge is 2.34. The van der Waals surface area contributed by atoms with E-state index in [2.05, 4.69) is 23.1 Å². The predicted molar refractivity (Wildman–Crippen MR) is 103 cm³/mol. The molecule has 2 fully saturated rings. The first kappa shape index (κ1) is 17.5. The number of sulfone groups is 1. The van der Waals surface area contributed by atoms with Crippen LogP contribution in [0.3, 0.4) is 0 Å². The summed E-state index contributed by atoms with van der Waals surface area (Å²) in [4.78, 5) is 16.9. The predicted octanol–water partition coefficient (Wildman–Crippen LogP) is 1.71. The molecule has 0 saturated carbocycles. The summed E-state index contributed by atoms with van der Waals surface area (Å²) >= 11 is 0. The van der Waals surface area contributed by atoms with Crippen molar-refractivity contribution in [2.45, 2.75) is 18.9 Å². The molecule has 6 heteroatoms. The number of nitrogens with zero attached hydrogens (tertiary/aromatic N) is 2. The van der Waals surface area contributed by atoms with E-state index in [4.69, 9.17) is 0 Å². The number of carbonyl (C=O) groups excluding carboxylic acids is 1. The van der Waals surface area contributed by atoms with Gasteiger partial charge in [-0.15, -0.1) is 0 Å². The summed E-state index contributed by atoms with van der Waals surface area (Å²) in [5.74, 6) is 0.731. The average molecular weight is 372 g/mol. The standard InChI is InChI=1S/C20H24N2O3S/c23-20(14-17-6-3-5-16-4-1-2-7-19(16)17)22-11-9-21(10-12-22)18-8-13-26(24,25)15-18/h1-7,18H,8-15H2. The third kappa shape index (κ3) is 3.62. The summed E-state index contributed by atoms with van der Waals surface area (Å²) in [5.41, 5.74) is 1.07. The molecule has 2 saturated heterocycles. The summed E-state index contributed by atoms with van der Waals surface area (Å²) in [7, 11) is -2.86. The zero-order valence-corrected chi connectivity index (χ0v) is 15.6. The molecule has 1 amide bonds. The smallest absolute Gasteiger partial charge is 0.227 e. The van der Waals surface area contributed by atoms with Crippen LogP contribution in [0.4, 0.5) is 0 Å². The van der Waals surface area contributed by atoms with E-state index in [0.717, 1.165) is 35.8 Å². The van der Waals surface area contributed by atoms with E-state index < -0.39 is 9.84 Å². The van der Waals surface area contributed by atoms with Gasteiger partial charge in [0, 0.05) is 32.2 Å². The second kappa shape index (κ2) is 7.00. The van der Waals surface area contributed by atoms with Crippen LogP contribution in [0.5, 0.6) is 0 Å². The van der Waals surface area contributed by atoms with Crippen molar-refractivity contribution in [3.8, 4) is 0 Å². The zero-order valence-electron chi connectivity index (χ0n) is 14.8. The Morgan fingerprint density at radius 2 is 1.73 bits per heavy atom. The van der Waals surface area contributed by atoms with Crippen LogP contribution in [-0.2, 0) is 21.1 Å². The van der Waals surface area contributed by atoms with E-state index >= 15 is 0 Å². The van der Waals surface area contributed by atoms with Crippen LogP contribution >= 0.6 is 0 Å². The highest BCUT2D eigenvalue weighted by Crippen LogP contribution is 2.21. The topological polar surface area (TPSA) is 57.7 Å². The zero-order chi connectivity index (χ0) is 18.1. The summed E-state index contributed by atoms with van der Waals surface area (Å²) < 4.78 is 23.4. The average Bonchev–Trinajstić information content (AvgIpc) is 3.02. The molecule has 2 aromatic carbocycles. The van der Waals surface area contributed by atoms with Crippen LogP contribution in [0.2, 0.25) is 0 Å². The Morgan fingerprint density at radius 3 is 2.46 bits per heavy atom. The molecule has 1 unspecified atom stereocenters. The van der Waals surface area contributed by atoms with Crippen LogP contribution < -0.4 is 0 Å². The third-order valence-corrected chi connectivity index (χ3v) is 7.36. The fraction of sp³-hybridized carbons (Fsp3) is 0.450. The first-order valence-electron chi connectivity index (χ1n) is 9.21. The summed E-state index contributed by atoms with van der Waals surface area (Å²) in [6, 6.07) is 14.4. The van der Waals surface area contributed by atoms with E-state index in [1.54, 1.807) is 0 Å². The minimum Gasteiger partial charge on any atom is -0.340 e. The number of hydrogen-bond donors (Lipinski definition) is 0. The first-order chi connectivity index (χ1) is 12.5. The number of amides is 1. The van der Waals surface area contributed by atoms with Crippen LogP contribution in [-0.4, -0.2) is 67.9 Å². The fourth-order valence-electron chi connectivity index (χ4n) is 4.12. The molecule has 0 N–H and O–H groups in total. The normalized spacial score (nSPS) is 23.4. The van der Waals surface area contributed by atoms with Crippen molar-refractivity contribution < 1.29 is 13.2 Å². The van der Waals surface area contributed by atoms with Gasteiger partial charge in [0.15, 0.2) is 9.84 Å². The van der Waals surface area contributed by atoms with Crippen LogP contribution in [0.25, 0.3) is 10.8 Å². The van der Waals surface area contributed by atoms with Crippen LogP contribution in [0.1, 0.15) is 12.0 Å². The lowest BCUT2D eigenvalue weighted by Gasteiger charge is -2.37. The molecule has 2 heterocycles. The Bertz CT molecular complexity index is 912. The molecule has 0 aliphatic carbocycles. The molecular formula is C20H24N2O3S. The van der Waals surface area contributed by atoms with Gasteiger partial charge in [-0.3, -0.25) is 9.69 Å². The van der Waals surface area contributed by atoms with Gasteiger partial charge in [-0.1, -0.05) is 42.5 Å². The number of rotatable bonds is 3. The van der Waals surface area contributed by atoms with E-state index in [1.165, 1.54) is 0 Å². The van der Waals surface area contributed by atoms with Crippen molar-refractivity contribution in [2.75, 3.05) is 37.7 Å². The minimum atomic E-state index is -2.86. The summed E-state index contributed by atoms with van der Waals surface area (Å²) in [6.07, 6.45) is 1.14. The lowest BCUT2D eigenvalue weighted by Crippen LogP contribution is -2.52. The van der Waals surface area contributed by atoms with E-state index in [1.807, 2.05) is 29.2 Å². The number of piperazine rings is 1. The first-order valence-corrected chi connectivity index (χ1v) is 11.0. The highest BCUT2D eigenvalue weighted by atomic mass is 32.2. The molecule has 26 heavy (non-hydrogen) atoms. The molecule has 1 atom stereocenters. The molecule has 0 bridgehead atoms. The second-order valence-electron chi connectivity index (χ2n) is 7.29. The van der Waals surface area contributed by atoms with Crippen molar-refractivity contribution in [1.82, 2.24) is 9.80 Å². The quantitative estimate of drug-likeness (QED) is 0.823. The maximum absolute atomic E-state index is 12.8. The monoisotopic (exact) mass is 372 g/mol. The van der Waals surface area contributed by atoms with Crippen LogP contribution in [0, 0.1) is 0 Å². The van der Waals surface area contributed by atoms with Gasteiger partial charge in [-0.05, 0) is 22.8 Å². The second-order valence-corrected chi connectivity index (χ2v) is 9.52. The Hall–Kier alpha value is -1.92. The van der Waals surface area contributed by atoms with Gasteiger partial charge in [0.2, 0.25) is 5.91 Å². The molecule has 0 spiro atoms. The van der Waals surface area contributed by atoms with Gasteiger partial charge >= 0.3 is 0 Å².